The first kappa shape index (κ1) is 9.85. The summed E-state index contributed by atoms with van der Waals surface area (Å²) in [6.45, 7) is 0. The van der Waals surface area contributed by atoms with Crippen molar-refractivity contribution < 1.29 is 0 Å². The van der Waals surface area contributed by atoms with E-state index >= 15 is 0 Å². The second-order valence-electron chi connectivity index (χ2n) is 4.00. The molecule has 0 bridgehead atoms. The van der Waals surface area contributed by atoms with Crippen LogP contribution in [0, 0.1) is 0 Å². The number of fused-ring (bicyclic) bond motifs is 1. The Hall–Kier alpha value is -2.35. The minimum Gasteiger partial charge on any atom is -0.399 e. The van der Waals surface area contributed by atoms with Gasteiger partial charge in [-0.2, -0.15) is 0 Å². The van der Waals surface area contributed by atoms with Crippen LogP contribution in [0.3, 0.4) is 0 Å². The highest BCUT2D eigenvalue weighted by Crippen LogP contribution is 2.27. The molecule has 0 aliphatic rings. The van der Waals surface area contributed by atoms with E-state index in [0.717, 1.165) is 16.8 Å². The number of hydrogen-bond acceptors (Lipinski definition) is 2. The van der Waals surface area contributed by atoms with Gasteiger partial charge in [-0.25, -0.2) is 0 Å². The van der Waals surface area contributed by atoms with Crippen molar-refractivity contribution in [3.63, 3.8) is 0 Å². The third-order valence-electron chi connectivity index (χ3n) is 2.87. The van der Waals surface area contributed by atoms with Gasteiger partial charge in [0.2, 0.25) is 0 Å². The molecule has 0 aliphatic carbocycles. The van der Waals surface area contributed by atoms with Crippen LogP contribution in [0.1, 0.15) is 0 Å². The molecule has 0 radical (unpaired) electrons. The lowest BCUT2D eigenvalue weighted by Crippen LogP contribution is -1.86. The van der Waals surface area contributed by atoms with Crippen molar-refractivity contribution in [3.05, 3.63) is 60.8 Å². The van der Waals surface area contributed by atoms with Gasteiger partial charge in [-0.3, -0.25) is 4.98 Å². The summed E-state index contributed by atoms with van der Waals surface area (Å²) in [5.74, 6) is 0. The number of hydrogen-bond donors (Lipinski definition) is 1. The minimum absolute atomic E-state index is 0.784. The van der Waals surface area contributed by atoms with E-state index in [-0.39, 0.29) is 0 Å². The highest BCUT2D eigenvalue weighted by Gasteiger charge is 2.03. The maximum Gasteiger partial charge on any atom is 0.0708 e. The van der Waals surface area contributed by atoms with E-state index in [4.69, 9.17) is 5.73 Å². The van der Waals surface area contributed by atoms with Crippen LogP contribution in [0.15, 0.2) is 60.8 Å². The summed E-state index contributed by atoms with van der Waals surface area (Å²) in [4.78, 5) is 4.36. The molecule has 17 heavy (non-hydrogen) atoms. The van der Waals surface area contributed by atoms with Gasteiger partial charge in [0.25, 0.3) is 0 Å². The van der Waals surface area contributed by atoms with Crippen molar-refractivity contribution in [2.45, 2.75) is 0 Å². The van der Waals surface area contributed by atoms with Crippen LogP contribution >= 0.6 is 0 Å². The molecule has 0 atom stereocenters. The van der Waals surface area contributed by atoms with Crippen molar-refractivity contribution >= 4 is 16.6 Å². The van der Waals surface area contributed by atoms with E-state index in [9.17, 15) is 0 Å². The van der Waals surface area contributed by atoms with Gasteiger partial charge in [0.05, 0.1) is 5.52 Å². The fourth-order valence-corrected chi connectivity index (χ4v) is 2.01. The molecule has 2 aromatic carbocycles. The quantitative estimate of drug-likeness (QED) is 0.637. The predicted octanol–water partition coefficient (Wildman–Crippen LogP) is 3.48. The van der Waals surface area contributed by atoms with Crippen LogP contribution in [0.2, 0.25) is 0 Å². The van der Waals surface area contributed by atoms with Crippen molar-refractivity contribution in [3.8, 4) is 11.1 Å². The van der Waals surface area contributed by atoms with Gasteiger partial charge in [0.15, 0.2) is 0 Å². The highest BCUT2D eigenvalue weighted by molar-refractivity contribution is 5.94. The number of para-hydroxylation sites is 1. The second kappa shape index (κ2) is 3.91. The maximum absolute atomic E-state index is 5.71. The zero-order valence-corrected chi connectivity index (χ0v) is 9.30. The number of nitrogens with zero attached hydrogens (tertiary/aromatic N) is 1. The second-order valence-corrected chi connectivity index (χ2v) is 4.00. The van der Waals surface area contributed by atoms with Crippen molar-refractivity contribution in [1.82, 2.24) is 4.98 Å². The van der Waals surface area contributed by atoms with E-state index in [1.54, 1.807) is 0 Å². The Kier molecular flexibility index (Phi) is 2.26. The lowest BCUT2D eigenvalue weighted by molar-refractivity contribution is 1.41. The molecular formula is C15H12N2. The third kappa shape index (κ3) is 1.74. The van der Waals surface area contributed by atoms with Gasteiger partial charge in [-0.15, -0.1) is 0 Å². The molecular weight excluding hydrogens is 208 g/mol. The number of rotatable bonds is 1. The fraction of sp³-hybridized carbons (Fsp3) is 0. The van der Waals surface area contributed by atoms with E-state index in [1.165, 1.54) is 10.9 Å². The first-order valence-corrected chi connectivity index (χ1v) is 5.54. The summed E-state index contributed by atoms with van der Waals surface area (Å²) in [6.07, 6.45) is 1.84. The molecule has 0 amide bonds. The van der Waals surface area contributed by atoms with Crippen LogP contribution in [0.5, 0.6) is 0 Å². The van der Waals surface area contributed by atoms with Crippen LogP contribution < -0.4 is 5.73 Å². The van der Waals surface area contributed by atoms with Crippen LogP contribution in [0.25, 0.3) is 22.0 Å². The van der Waals surface area contributed by atoms with Crippen molar-refractivity contribution in [1.29, 1.82) is 0 Å². The molecule has 1 heterocycles. The molecule has 0 saturated carbocycles. The van der Waals surface area contributed by atoms with Gasteiger partial charge in [0.1, 0.15) is 0 Å². The molecule has 2 N–H and O–H groups in total. The predicted molar refractivity (Wildman–Crippen MR) is 71.6 cm³/mol. The van der Waals surface area contributed by atoms with Crippen LogP contribution in [0.4, 0.5) is 5.69 Å². The molecule has 0 aliphatic heterocycles. The van der Waals surface area contributed by atoms with Gasteiger partial charge in [-0.1, -0.05) is 30.3 Å². The normalized spacial score (nSPS) is 10.6. The van der Waals surface area contributed by atoms with Gasteiger partial charge in [-0.05, 0) is 35.4 Å². The zero-order valence-electron chi connectivity index (χ0n) is 9.30. The number of nitrogens with two attached hydrogens (primary N) is 1. The van der Waals surface area contributed by atoms with Crippen molar-refractivity contribution in [2.75, 3.05) is 5.73 Å². The topological polar surface area (TPSA) is 38.9 Å². The Morgan fingerprint density at radius 2 is 1.59 bits per heavy atom. The molecule has 1 aromatic heterocycles. The molecule has 2 nitrogen and oxygen atoms in total. The van der Waals surface area contributed by atoms with E-state index < -0.39 is 0 Å². The first-order chi connectivity index (χ1) is 8.34. The van der Waals surface area contributed by atoms with Gasteiger partial charge < -0.3 is 5.73 Å². The SMILES string of the molecule is Nc1ccc(-c2ccnc3ccccc23)cc1. The number of pyridine rings is 1. The smallest absolute Gasteiger partial charge is 0.0708 e. The molecule has 3 aromatic rings. The Morgan fingerprint density at radius 3 is 2.41 bits per heavy atom. The Balaban J connectivity index is 2.27. The van der Waals surface area contributed by atoms with Gasteiger partial charge in [0, 0.05) is 17.3 Å². The lowest BCUT2D eigenvalue weighted by atomic mass is 10.0. The van der Waals surface area contributed by atoms with E-state index in [0.29, 0.717) is 0 Å². The average Bonchev–Trinajstić information content (AvgIpc) is 2.39. The fourth-order valence-electron chi connectivity index (χ4n) is 2.01. The van der Waals surface area contributed by atoms with E-state index in [2.05, 4.69) is 11.1 Å². The summed E-state index contributed by atoms with van der Waals surface area (Å²) >= 11 is 0. The Labute approximate surface area is 99.7 Å². The molecule has 3 rings (SSSR count). The minimum atomic E-state index is 0.784. The van der Waals surface area contributed by atoms with Crippen LogP contribution in [-0.4, -0.2) is 4.98 Å². The number of nitrogen functional groups attached to an aromatic ring is 1. The average molecular weight is 220 g/mol. The molecule has 0 fully saturated rings. The number of benzene rings is 2. The summed E-state index contributed by atoms with van der Waals surface area (Å²) in [5.41, 5.74) is 9.86. The van der Waals surface area contributed by atoms with E-state index in [1.807, 2.05) is 54.7 Å². The Morgan fingerprint density at radius 1 is 0.824 bits per heavy atom. The summed E-state index contributed by atoms with van der Waals surface area (Å²) in [5, 5.41) is 1.17. The first-order valence-electron chi connectivity index (χ1n) is 5.54. The molecule has 0 spiro atoms. The highest BCUT2D eigenvalue weighted by atomic mass is 14.6. The molecule has 82 valence electrons. The maximum atomic E-state index is 5.71. The molecule has 2 heteroatoms. The molecule has 0 unspecified atom stereocenters. The zero-order chi connectivity index (χ0) is 11.7. The third-order valence-corrected chi connectivity index (χ3v) is 2.87. The number of anilines is 1. The summed E-state index contributed by atoms with van der Waals surface area (Å²) in [6, 6.07) is 18.1. The van der Waals surface area contributed by atoms with Gasteiger partial charge >= 0.3 is 0 Å². The van der Waals surface area contributed by atoms with Crippen molar-refractivity contribution in [2.24, 2.45) is 0 Å². The largest absolute Gasteiger partial charge is 0.399 e. The number of aromatic nitrogens is 1. The monoisotopic (exact) mass is 220 g/mol. The van der Waals surface area contributed by atoms with Crippen LogP contribution in [-0.2, 0) is 0 Å². The standard InChI is InChI=1S/C15H12N2/c16-12-7-5-11(6-8-12)13-9-10-17-15-4-2-1-3-14(13)15/h1-10H,16H2. The summed E-state index contributed by atoms with van der Waals surface area (Å²) < 4.78 is 0. The molecule has 0 saturated heterocycles. The lowest BCUT2D eigenvalue weighted by Gasteiger charge is -2.06. The summed E-state index contributed by atoms with van der Waals surface area (Å²) in [7, 11) is 0. The Bertz CT molecular complexity index is 652.